The first-order valence-electron chi connectivity index (χ1n) is 9.13. The second-order valence-corrected chi connectivity index (χ2v) is 6.46. The summed E-state index contributed by atoms with van der Waals surface area (Å²) < 4.78 is 11.2. The molecule has 0 radical (unpaired) electrons. The zero-order chi connectivity index (χ0) is 19.6. The van der Waals surface area contributed by atoms with E-state index in [-0.39, 0.29) is 12.3 Å². The summed E-state index contributed by atoms with van der Waals surface area (Å²) >= 11 is 6.12. The Labute approximate surface area is 166 Å². The number of rotatable bonds is 10. The molecule has 0 spiro atoms. The van der Waals surface area contributed by atoms with Crippen LogP contribution in [-0.2, 0) is 11.2 Å². The lowest BCUT2D eigenvalue weighted by Crippen LogP contribution is -2.28. The van der Waals surface area contributed by atoms with Crippen molar-refractivity contribution < 1.29 is 14.3 Å². The van der Waals surface area contributed by atoms with Gasteiger partial charge < -0.3 is 19.7 Å². The molecule has 146 valence electrons. The maximum atomic E-state index is 12.3. The third-order valence-electron chi connectivity index (χ3n) is 4.32. The molecule has 1 amide bonds. The van der Waals surface area contributed by atoms with Crippen LogP contribution in [0.4, 0.5) is 5.69 Å². The quantitative estimate of drug-likeness (QED) is 0.658. The summed E-state index contributed by atoms with van der Waals surface area (Å²) in [7, 11) is 1.60. The average Bonchev–Trinajstić information content (AvgIpc) is 2.67. The van der Waals surface area contributed by atoms with Crippen molar-refractivity contribution in [1.29, 1.82) is 0 Å². The Morgan fingerprint density at radius 1 is 1.11 bits per heavy atom. The smallest absolute Gasteiger partial charge is 0.228 e. The van der Waals surface area contributed by atoms with E-state index in [0.29, 0.717) is 28.8 Å². The molecule has 2 aromatic carbocycles. The summed E-state index contributed by atoms with van der Waals surface area (Å²) in [5.41, 5.74) is 1.45. The molecule has 0 heterocycles. The van der Waals surface area contributed by atoms with Gasteiger partial charge in [-0.3, -0.25) is 4.79 Å². The number of likely N-dealkylation sites (N-methyl/N-ethyl adjacent to an activating group) is 1. The Hall–Kier alpha value is -2.24. The lowest BCUT2D eigenvalue weighted by atomic mass is 10.1. The van der Waals surface area contributed by atoms with Gasteiger partial charge in [-0.05, 0) is 36.9 Å². The topological polar surface area (TPSA) is 50.8 Å². The summed E-state index contributed by atoms with van der Waals surface area (Å²) in [5.74, 6) is 1.11. The minimum Gasteiger partial charge on any atom is -0.493 e. The maximum absolute atomic E-state index is 12.3. The number of nitrogens with one attached hydrogen (secondary N) is 1. The zero-order valence-electron chi connectivity index (χ0n) is 16.1. The van der Waals surface area contributed by atoms with Crippen molar-refractivity contribution in [3.63, 3.8) is 0 Å². The molecule has 0 aliphatic heterocycles. The molecule has 0 bridgehead atoms. The molecule has 0 aliphatic rings. The van der Waals surface area contributed by atoms with E-state index in [1.165, 1.54) is 0 Å². The van der Waals surface area contributed by atoms with E-state index >= 15 is 0 Å². The van der Waals surface area contributed by atoms with Crippen LogP contribution in [0, 0.1) is 0 Å². The number of methoxy groups -OCH3 is 1. The van der Waals surface area contributed by atoms with Gasteiger partial charge in [-0.15, -0.1) is 0 Å². The first-order chi connectivity index (χ1) is 13.1. The predicted octanol–water partition coefficient (Wildman–Crippen LogP) is 4.25. The van der Waals surface area contributed by atoms with Crippen molar-refractivity contribution >= 4 is 23.2 Å². The Kier molecular flexibility index (Phi) is 8.43. The van der Waals surface area contributed by atoms with Gasteiger partial charge in [0.2, 0.25) is 5.91 Å². The second kappa shape index (κ2) is 10.8. The molecule has 0 aliphatic carbocycles. The Morgan fingerprint density at radius 3 is 2.52 bits per heavy atom. The number of benzene rings is 2. The molecule has 6 heteroatoms. The molecule has 5 nitrogen and oxygen atoms in total. The molecule has 1 N–H and O–H groups in total. The molecule has 0 unspecified atom stereocenters. The van der Waals surface area contributed by atoms with Crippen LogP contribution in [0.15, 0.2) is 42.5 Å². The van der Waals surface area contributed by atoms with Gasteiger partial charge in [-0.25, -0.2) is 0 Å². The molecule has 0 fully saturated rings. The number of halogens is 1. The van der Waals surface area contributed by atoms with Crippen LogP contribution in [-0.4, -0.2) is 44.2 Å². The molecule has 0 atom stereocenters. The fraction of sp³-hybridized carbons (Fsp3) is 0.381. The van der Waals surface area contributed by atoms with Crippen molar-refractivity contribution in [2.75, 3.05) is 38.7 Å². The van der Waals surface area contributed by atoms with Gasteiger partial charge in [0.15, 0.2) is 11.5 Å². The number of nitrogens with zero attached hydrogens (tertiary/aromatic N) is 1. The standard InChI is InChI=1S/C21H27ClN2O3/c1-4-24(5-2)12-13-27-20-15-17(10-11-19(20)26-3)23-21(25)14-16-8-6-7-9-18(16)22/h6-11,15H,4-5,12-14H2,1-3H3,(H,23,25). The summed E-state index contributed by atoms with van der Waals surface area (Å²) in [4.78, 5) is 14.6. The van der Waals surface area contributed by atoms with Crippen molar-refractivity contribution in [1.82, 2.24) is 4.90 Å². The molecule has 0 saturated carbocycles. The van der Waals surface area contributed by atoms with Gasteiger partial charge in [-0.1, -0.05) is 43.6 Å². The Bertz CT molecular complexity index is 748. The van der Waals surface area contributed by atoms with Gasteiger partial charge in [0.05, 0.1) is 13.5 Å². The number of anilines is 1. The lowest BCUT2D eigenvalue weighted by Gasteiger charge is -2.19. The third-order valence-corrected chi connectivity index (χ3v) is 4.68. The third kappa shape index (κ3) is 6.45. The van der Waals surface area contributed by atoms with E-state index < -0.39 is 0 Å². The highest BCUT2D eigenvalue weighted by molar-refractivity contribution is 6.31. The highest BCUT2D eigenvalue weighted by Gasteiger charge is 2.11. The lowest BCUT2D eigenvalue weighted by molar-refractivity contribution is -0.115. The van der Waals surface area contributed by atoms with Gasteiger partial charge in [0, 0.05) is 23.3 Å². The van der Waals surface area contributed by atoms with E-state index in [2.05, 4.69) is 24.1 Å². The van der Waals surface area contributed by atoms with E-state index in [1.54, 1.807) is 31.4 Å². The van der Waals surface area contributed by atoms with Crippen molar-refractivity contribution in [3.05, 3.63) is 53.1 Å². The fourth-order valence-corrected chi connectivity index (χ4v) is 2.91. The van der Waals surface area contributed by atoms with Crippen LogP contribution in [0.25, 0.3) is 0 Å². The maximum Gasteiger partial charge on any atom is 0.228 e. The average molecular weight is 391 g/mol. The highest BCUT2D eigenvalue weighted by atomic mass is 35.5. The van der Waals surface area contributed by atoms with Crippen LogP contribution in [0.5, 0.6) is 11.5 Å². The van der Waals surface area contributed by atoms with Gasteiger partial charge in [0.25, 0.3) is 0 Å². The normalized spacial score (nSPS) is 10.7. The largest absolute Gasteiger partial charge is 0.493 e. The first kappa shape index (κ1) is 21.1. The predicted molar refractivity (Wildman–Crippen MR) is 110 cm³/mol. The number of amides is 1. The summed E-state index contributed by atoms with van der Waals surface area (Å²) in [6.45, 7) is 7.59. The van der Waals surface area contributed by atoms with Gasteiger partial charge in [0.1, 0.15) is 6.61 Å². The van der Waals surface area contributed by atoms with E-state index in [1.807, 2.05) is 18.2 Å². The molecule has 0 saturated heterocycles. The number of hydrogen-bond donors (Lipinski definition) is 1. The summed E-state index contributed by atoms with van der Waals surface area (Å²) in [5, 5.41) is 3.47. The molecule has 27 heavy (non-hydrogen) atoms. The monoisotopic (exact) mass is 390 g/mol. The first-order valence-corrected chi connectivity index (χ1v) is 9.51. The molecule has 0 aromatic heterocycles. The number of carbonyl (C=O) groups excluding carboxylic acids is 1. The minimum atomic E-state index is -0.137. The van der Waals surface area contributed by atoms with Crippen LogP contribution in [0.1, 0.15) is 19.4 Å². The van der Waals surface area contributed by atoms with Crippen LogP contribution in [0.2, 0.25) is 5.02 Å². The molecular formula is C21H27ClN2O3. The van der Waals surface area contributed by atoms with E-state index in [0.717, 1.165) is 25.2 Å². The number of hydrogen-bond acceptors (Lipinski definition) is 4. The SMILES string of the molecule is CCN(CC)CCOc1cc(NC(=O)Cc2ccccc2Cl)ccc1OC. The number of carbonyl (C=O) groups is 1. The Morgan fingerprint density at radius 2 is 1.85 bits per heavy atom. The van der Waals surface area contributed by atoms with E-state index in [9.17, 15) is 4.79 Å². The Balaban J connectivity index is 2.00. The molecule has 2 rings (SSSR count). The second-order valence-electron chi connectivity index (χ2n) is 6.06. The molecular weight excluding hydrogens is 364 g/mol. The summed E-state index contributed by atoms with van der Waals surface area (Å²) in [6.07, 6.45) is 0.212. The van der Waals surface area contributed by atoms with Crippen LogP contribution >= 0.6 is 11.6 Å². The zero-order valence-corrected chi connectivity index (χ0v) is 16.9. The van der Waals surface area contributed by atoms with E-state index in [4.69, 9.17) is 21.1 Å². The summed E-state index contributed by atoms with van der Waals surface area (Å²) in [6, 6.07) is 12.7. The van der Waals surface area contributed by atoms with Crippen molar-refractivity contribution in [3.8, 4) is 11.5 Å². The molecule has 2 aromatic rings. The minimum absolute atomic E-state index is 0.137. The van der Waals surface area contributed by atoms with Crippen LogP contribution in [0.3, 0.4) is 0 Å². The highest BCUT2D eigenvalue weighted by Crippen LogP contribution is 2.30. The van der Waals surface area contributed by atoms with Gasteiger partial charge in [-0.2, -0.15) is 0 Å². The fourth-order valence-electron chi connectivity index (χ4n) is 2.71. The van der Waals surface area contributed by atoms with Crippen LogP contribution < -0.4 is 14.8 Å². The van der Waals surface area contributed by atoms with Crippen molar-refractivity contribution in [2.24, 2.45) is 0 Å². The van der Waals surface area contributed by atoms with Gasteiger partial charge >= 0.3 is 0 Å². The number of ether oxygens (including phenoxy) is 2. The van der Waals surface area contributed by atoms with Crippen molar-refractivity contribution in [2.45, 2.75) is 20.3 Å².